The lowest BCUT2D eigenvalue weighted by Crippen LogP contribution is -2.46. The Kier molecular flexibility index (Phi) is 5.40. The number of halogens is 2. The number of hydrogen-bond donors (Lipinski definition) is 1. The molecule has 0 radical (unpaired) electrons. The fraction of sp³-hybridized carbons (Fsp3) is 0.0800. The van der Waals surface area contributed by atoms with Gasteiger partial charge in [0.05, 0.1) is 17.3 Å². The molecule has 1 atom stereocenters. The van der Waals surface area contributed by atoms with Gasteiger partial charge in [0, 0.05) is 16.3 Å². The van der Waals surface area contributed by atoms with E-state index in [9.17, 15) is 9.18 Å². The third-order valence-corrected chi connectivity index (χ3v) is 5.68. The summed E-state index contributed by atoms with van der Waals surface area (Å²) in [5, 5.41) is 7.68. The van der Waals surface area contributed by atoms with E-state index in [1.807, 2.05) is 42.5 Å². The Balaban J connectivity index is 1.66. The van der Waals surface area contributed by atoms with Gasteiger partial charge in [-0.15, -0.1) is 0 Å². The fourth-order valence-corrected chi connectivity index (χ4v) is 4.09. The number of allylic oxidation sites excluding steroid dienone is 1. The molecular formula is C25H18ClFN4O2. The zero-order chi connectivity index (χ0) is 22.9. The molecule has 164 valence electrons. The van der Waals surface area contributed by atoms with Crippen LogP contribution in [-0.4, -0.2) is 16.2 Å². The minimum atomic E-state index is -0.572. The quantitative estimate of drug-likeness (QED) is 0.392. The number of anilines is 1. The number of hydrogen-bond acceptors (Lipinski definition) is 4. The molecule has 1 aliphatic rings. The lowest BCUT2D eigenvalue weighted by atomic mass is 9.94. The number of amides is 2. The molecule has 0 aliphatic carbocycles. The van der Waals surface area contributed by atoms with Gasteiger partial charge in [-0.25, -0.2) is 9.18 Å². The van der Waals surface area contributed by atoms with Crippen LogP contribution in [0.3, 0.4) is 0 Å². The van der Waals surface area contributed by atoms with Crippen LogP contribution in [0.15, 0.2) is 89.1 Å². The molecule has 0 saturated heterocycles. The average molecular weight is 461 g/mol. The highest BCUT2D eigenvalue weighted by Gasteiger charge is 2.36. The fourth-order valence-electron chi connectivity index (χ4n) is 3.89. The molecule has 33 heavy (non-hydrogen) atoms. The van der Waals surface area contributed by atoms with Gasteiger partial charge in [-0.3, -0.25) is 4.90 Å². The third-order valence-electron chi connectivity index (χ3n) is 5.44. The maximum absolute atomic E-state index is 13.5. The maximum atomic E-state index is 13.5. The van der Waals surface area contributed by atoms with Crippen LogP contribution in [0.25, 0.3) is 17.0 Å². The number of rotatable bonds is 4. The summed E-state index contributed by atoms with van der Waals surface area (Å²) >= 11 is 6.23. The Bertz CT molecular complexity index is 1350. The van der Waals surface area contributed by atoms with Gasteiger partial charge in [0.15, 0.2) is 0 Å². The van der Waals surface area contributed by atoms with Gasteiger partial charge in [0.2, 0.25) is 5.82 Å². The molecule has 2 amide bonds. The minimum absolute atomic E-state index is 0.267. The first-order chi connectivity index (χ1) is 16.0. The summed E-state index contributed by atoms with van der Waals surface area (Å²) in [5.74, 6) is 0.309. The third kappa shape index (κ3) is 3.99. The number of carbonyl (C=O) groups is 1. The normalized spacial score (nSPS) is 16.2. The van der Waals surface area contributed by atoms with Crippen LogP contribution in [0.1, 0.15) is 24.4 Å². The molecule has 0 bridgehead atoms. The predicted molar refractivity (Wildman–Crippen MR) is 124 cm³/mol. The monoisotopic (exact) mass is 460 g/mol. The summed E-state index contributed by atoms with van der Waals surface area (Å²) < 4.78 is 19.2. The van der Waals surface area contributed by atoms with E-state index in [0.717, 1.165) is 11.1 Å². The second kappa shape index (κ2) is 8.52. The van der Waals surface area contributed by atoms with E-state index >= 15 is 0 Å². The lowest BCUT2D eigenvalue weighted by Gasteiger charge is -2.35. The zero-order valence-corrected chi connectivity index (χ0v) is 18.3. The zero-order valence-electron chi connectivity index (χ0n) is 17.5. The van der Waals surface area contributed by atoms with E-state index in [2.05, 4.69) is 15.5 Å². The highest BCUT2D eigenvalue weighted by molar-refractivity contribution is 6.30. The van der Waals surface area contributed by atoms with Crippen LogP contribution in [0.4, 0.5) is 14.9 Å². The van der Waals surface area contributed by atoms with Crippen molar-refractivity contribution in [2.45, 2.75) is 13.0 Å². The molecule has 1 aromatic heterocycles. The van der Waals surface area contributed by atoms with Gasteiger partial charge in [0.1, 0.15) is 5.82 Å². The smallest absolute Gasteiger partial charge is 0.326 e. The summed E-state index contributed by atoms with van der Waals surface area (Å²) in [7, 11) is 0. The molecule has 1 N–H and O–H groups in total. The number of urea groups is 1. The molecule has 4 aromatic rings. The summed E-state index contributed by atoms with van der Waals surface area (Å²) in [6, 6.07) is 21.4. The van der Waals surface area contributed by atoms with Gasteiger partial charge < -0.3 is 9.84 Å². The Morgan fingerprint density at radius 2 is 1.79 bits per heavy atom. The maximum Gasteiger partial charge on any atom is 0.326 e. The molecule has 0 spiro atoms. The summed E-state index contributed by atoms with van der Waals surface area (Å²) in [5.41, 5.74) is 3.29. The first-order valence-corrected chi connectivity index (χ1v) is 10.6. The van der Waals surface area contributed by atoms with E-state index in [-0.39, 0.29) is 17.7 Å². The van der Waals surface area contributed by atoms with Crippen LogP contribution in [0, 0.1) is 5.82 Å². The van der Waals surface area contributed by atoms with Crippen molar-refractivity contribution in [2.75, 3.05) is 4.90 Å². The Morgan fingerprint density at radius 1 is 1.03 bits per heavy atom. The summed E-state index contributed by atoms with van der Waals surface area (Å²) in [4.78, 5) is 19.2. The second-order valence-corrected chi connectivity index (χ2v) is 7.97. The number of benzene rings is 3. The average Bonchev–Trinajstić information content (AvgIpc) is 3.30. The molecular weight excluding hydrogens is 443 g/mol. The highest BCUT2D eigenvalue weighted by Crippen LogP contribution is 2.39. The standard InChI is InChI=1S/C25H18ClFN4O2/c1-15-21(24-29-23(30-33-24)16-6-3-2-4-7-16)22(17-8-5-9-18(26)14-17)28-25(32)31(15)20-12-10-19(27)11-13-20/h2-14,22H,1H3,(H,28,32). The van der Waals surface area contributed by atoms with E-state index in [1.165, 1.54) is 17.0 Å². The van der Waals surface area contributed by atoms with Crippen molar-refractivity contribution in [2.24, 2.45) is 0 Å². The molecule has 0 fully saturated rings. The number of aromatic nitrogens is 2. The number of nitrogens with zero attached hydrogens (tertiary/aromatic N) is 3. The lowest BCUT2D eigenvalue weighted by molar-refractivity contribution is 0.244. The van der Waals surface area contributed by atoms with Gasteiger partial charge in [-0.05, 0) is 48.9 Å². The van der Waals surface area contributed by atoms with Crippen molar-refractivity contribution in [1.82, 2.24) is 15.5 Å². The van der Waals surface area contributed by atoms with Crippen LogP contribution in [0.2, 0.25) is 5.02 Å². The van der Waals surface area contributed by atoms with E-state index in [4.69, 9.17) is 16.1 Å². The molecule has 3 aromatic carbocycles. The van der Waals surface area contributed by atoms with E-state index in [1.54, 1.807) is 31.2 Å². The van der Waals surface area contributed by atoms with Gasteiger partial charge in [-0.2, -0.15) is 4.98 Å². The first kappa shape index (κ1) is 20.9. The first-order valence-electron chi connectivity index (χ1n) is 10.2. The highest BCUT2D eigenvalue weighted by atomic mass is 35.5. The number of carbonyl (C=O) groups excluding carboxylic acids is 1. The molecule has 5 rings (SSSR count). The Labute approximate surface area is 194 Å². The topological polar surface area (TPSA) is 71.3 Å². The van der Waals surface area contributed by atoms with Gasteiger partial charge >= 0.3 is 6.03 Å². The molecule has 2 heterocycles. The van der Waals surface area contributed by atoms with Crippen molar-refractivity contribution >= 4 is 28.9 Å². The van der Waals surface area contributed by atoms with Crippen molar-refractivity contribution in [3.8, 4) is 11.4 Å². The predicted octanol–water partition coefficient (Wildman–Crippen LogP) is 6.23. The van der Waals surface area contributed by atoms with Crippen molar-refractivity contribution in [3.63, 3.8) is 0 Å². The number of nitrogens with one attached hydrogen (secondary N) is 1. The van der Waals surface area contributed by atoms with Crippen LogP contribution >= 0.6 is 11.6 Å². The van der Waals surface area contributed by atoms with Crippen LogP contribution in [0.5, 0.6) is 0 Å². The molecule has 6 nitrogen and oxygen atoms in total. The molecule has 1 unspecified atom stereocenters. The minimum Gasteiger partial charge on any atom is -0.334 e. The van der Waals surface area contributed by atoms with Crippen molar-refractivity contribution in [3.05, 3.63) is 107 Å². The van der Waals surface area contributed by atoms with Crippen LogP contribution < -0.4 is 10.2 Å². The Hall–Kier alpha value is -3.97. The van der Waals surface area contributed by atoms with Crippen molar-refractivity contribution in [1.29, 1.82) is 0 Å². The summed E-state index contributed by atoms with van der Waals surface area (Å²) in [6.45, 7) is 1.79. The molecule has 1 aliphatic heterocycles. The second-order valence-electron chi connectivity index (χ2n) is 7.54. The van der Waals surface area contributed by atoms with Crippen molar-refractivity contribution < 1.29 is 13.7 Å². The van der Waals surface area contributed by atoms with Crippen LogP contribution in [-0.2, 0) is 0 Å². The Morgan fingerprint density at radius 3 is 2.52 bits per heavy atom. The van der Waals surface area contributed by atoms with Gasteiger partial charge in [-0.1, -0.05) is 59.2 Å². The molecule has 0 saturated carbocycles. The largest absolute Gasteiger partial charge is 0.334 e. The molecule has 8 heteroatoms. The SMILES string of the molecule is CC1=C(c2nc(-c3ccccc3)no2)C(c2cccc(Cl)c2)NC(=O)N1c1ccc(F)cc1. The van der Waals surface area contributed by atoms with E-state index < -0.39 is 6.04 Å². The van der Waals surface area contributed by atoms with E-state index in [0.29, 0.717) is 27.8 Å². The van der Waals surface area contributed by atoms with Gasteiger partial charge in [0.25, 0.3) is 5.89 Å². The summed E-state index contributed by atoms with van der Waals surface area (Å²) in [6.07, 6.45) is 0.